The summed E-state index contributed by atoms with van der Waals surface area (Å²) in [4.78, 5) is 110. The van der Waals surface area contributed by atoms with Gasteiger partial charge in [-0.2, -0.15) is 8.42 Å². The van der Waals surface area contributed by atoms with Crippen LogP contribution in [-0.4, -0.2) is 143 Å². The Bertz CT molecular complexity index is 2410. The van der Waals surface area contributed by atoms with E-state index >= 15 is 0 Å². The van der Waals surface area contributed by atoms with Gasteiger partial charge in [0, 0.05) is 49.5 Å². The molecule has 2 aromatic carbocycles. The molecule has 0 aliphatic rings. The van der Waals surface area contributed by atoms with E-state index in [4.69, 9.17) is 26.9 Å². The number of aliphatic hydroxyl groups is 1. The fraction of sp³-hybridized carbons (Fsp3) is 0.452. The number of carbonyl (C=O) groups is 8. The molecule has 378 valence electrons. The van der Waals surface area contributed by atoms with Gasteiger partial charge >= 0.3 is 22.3 Å². The minimum absolute atomic E-state index is 0.0226. The van der Waals surface area contributed by atoms with Gasteiger partial charge in [-0.3, -0.25) is 47.9 Å². The Kier molecular flexibility index (Phi) is 22.3. The normalized spacial score (nSPS) is 13.8. The third kappa shape index (κ3) is 20.6. The highest BCUT2D eigenvalue weighted by molar-refractivity contribution is 7.81. The molecule has 0 radical (unpaired) electrons. The van der Waals surface area contributed by atoms with Crippen LogP contribution >= 0.6 is 0 Å². The number of aliphatic carboxylic acids is 2. The first-order valence-electron chi connectivity index (χ1n) is 21.5. The molecule has 0 saturated carbocycles. The molecule has 0 spiro atoms. The predicted octanol–water partition coefficient (Wildman–Crippen LogP) is -2.81. The maximum atomic E-state index is 13.9. The Morgan fingerprint density at radius 2 is 1.41 bits per heavy atom. The molecule has 6 atom stereocenters. The number of para-hydroxylation sites is 1. The molecule has 0 fully saturated rings. The third-order valence-electron chi connectivity index (χ3n) is 10.1. The molecule has 1 aromatic heterocycles. The number of hydrogen-bond acceptors (Lipinski definition) is 14. The van der Waals surface area contributed by atoms with E-state index in [1.54, 1.807) is 12.3 Å². The molecule has 1 heterocycles. The van der Waals surface area contributed by atoms with Crippen LogP contribution in [0, 0.1) is 0 Å². The van der Waals surface area contributed by atoms with Crippen molar-refractivity contribution in [2.75, 3.05) is 19.6 Å². The lowest BCUT2D eigenvalue weighted by Gasteiger charge is -2.26. The monoisotopic (exact) mass is 989 g/mol. The topological polar surface area (TPSA) is 439 Å². The molecule has 17 N–H and O–H groups in total. The van der Waals surface area contributed by atoms with Crippen LogP contribution in [0.1, 0.15) is 63.0 Å². The van der Waals surface area contributed by atoms with E-state index in [0.717, 1.165) is 30.0 Å². The number of carbonyl (C=O) groups excluding carboxylic acids is 6. The van der Waals surface area contributed by atoms with Crippen LogP contribution in [0.4, 0.5) is 0 Å². The van der Waals surface area contributed by atoms with Crippen LogP contribution < -0.4 is 53.3 Å². The largest absolute Gasteiger partial charge is 0.481 e. The number of unbranched alkanes of at least 4 members (excludes halogenated alkanes) is 2. The highest BCUT2D eigenvalue weighted by Gasteiger charge is 2.34. The van der Waals surface area contributed by atoms with Gasteiger partial charge in [0.1, 0.15) is 29.9 Å². The number of aliphatic imine (C=N–C) groups is 1. The van der Waals surface area contributed by atoms with Gasteiger partial charge in [0.25, 0.3) is 0 Å². The number of rotatable bonds is 30. The first-order valence-corrected chi connectivity index (χ1v) is 22.9. The van der Waals surface area contributed by atoms with Crippen molar-refractivity contribution in [2.24, 2.45) is 22.2 Å². The molecule has 0 aliphatic carbocycles. The zero-order valence-corrected chi connectivity index (χ0v) is 38.3. The average molecular weight is 990 g/mol. The van der Waals surface area contributed by atoms with Crippen molar-refractivity contribution in [3.05, 3.63) is 65.9 Å². The number of carboxylic acids is 2. The lowest BCUT2D eigenvalue weighted by atomic mass is 10.0. The summed E-state index contributed by atoms with van der Waals surface area (Å²) in [7, 11) is -4.91. The van der Waals surface area contributed by atoms with E-state index in [0.29, 0.717) is 24.8 Å². The smallest absolute Gasteiger partial charge is 0.446 e. The molecule has 26 nitrogen and oxygen atoms in total. The molecule has 0 bridgehead atoms. The van der Waals surface area contributed by atoms with Crippen molar-refractivity contribution in [1.29, 1.82) is 0 Å². The number of aliphatic hydroxyl groups excluding tert-OH is 1. The molecule has 6 amide bonds. The number of carboxylic acid groups (broad SMARTS) is 2. The molecule has 0 aliphatic heterocycles. The van der Waals surface area contributed by atoms with E-state index in [1.165, 1.54) is 12.1 Å². The summed E-state index contributed by atoms with van der Waals surface area (Å²) in [6.07, 6.45) is 0.277. The number of aromatic amines is 1. The second-order valence-electron chi connectivity index (χ2n) is 15.8. The molecule has 3 rings (SSSR count). The highest BCUT2D eigenvalue weighted by Crippen LogP contribution is 2.20. The van der Waals surface area contributed by atoms with Gasteiger partial charge in [0.15, 0.2) is 5.96 Å². The van der Waals surface area contributed by atoms with Gasteiger partial charge in [-0.15, -0.1) is 0 Å². The number of aromatic nitrogens is 1. The SMILES string of the molecule is C[C@@H](O)[C@H](NC(=O)[C@H](Cc1ccc(OS(=O)(=O)O)cc1)NC(=O)[C@H](CC(=O)O)NC(=O)[C@@H](N)CCCN=C(N)N)C(=O)NCC(=O)N[C@@H](Cc1c[nH]c2ccccc12)C(=O)NCCCCCC(=O)O. The lowest BCUT2D eigenvalue weighted by molar-refractivity contribution is -0.141. The quantitative estimate of drug-likeness (QED) is 0.0139. The third-order valence-corrected chi connectivity index (χ3v) is 10.5. The first kappa shape index (κ1) is 56.0. The second-order valence-corrected chi connectivity index (χ2v) is 16.8. The molecule has 69 heavy (non-hydrogen) atoms. The number of amides is 6. The lowest BCUT2D eigenvalue weighted by Crippen LogP contribution is -2.60. The maximum Gasteiger partial charge on any atom is 0.446 e. The number of guanidine groups is 1. The summed E-state index contributed by atoms with van der Waals surface area (Å²) in [5.74, 6) is -8.75. The summed E-state index contributed by atoms with van der Waals surface area (Å²) in [6, 6.07) is 4.24. The van der Waals surface area contributed by atoms with Crippen molar-refractivity contribution in [3.8, 4) is 5.75 Å². The van der Waals surface area contributed by atoms with E-state index in [2.05, 4.69) is 46.1 Å². The summed E-state index contributed by atoms with van der Waals surface area (Å²) >= 11 is 0. The summed E-state index contributed by atoms with van der Waals surface area (Å²) in [6.45, 7) is 0.684. The zero-order chi connectivity index (χ0) is 51.3. The molecule has 27 heteroatoms. The van der Waals surface area contributed by atoms with Crippen molar-refractivity contribution < 1.29 is 70.8 Å². The van der Waals surface area contributed by atoms with Crippen molar-refractivity contribution in [3.63, 3.8) is 0 Å². The number of fused-ring (bicyclic) bond motifs is 1. The van der Waals surface area contributed by atoms with Crippen LogP contribution in [0.15, 0.2) is 59.7 Å². The molecule has 0 saturated heterocycles. The van der Waals surface area contributed by atoms with E-state index in [-0.39, 0.29) is 56.0 Å². The van der Waals surface area contributed by atoms with Crippen LogP contribution in [0.5, 0.6) is 5.75 Å². The van der Waals surface area contributed by atoms with Crippen LogP contribution in [0.25, 0.3) is 10.9 Å². The fourth-order valence-corrected chi connectivity index (χ4v) is 7.01. The maximum absolute atomic E-state index is 13.9. The summed E-state index contributed by atoms with van der Waals surface area (Å²) < 4.78 is 35.8. The van der Waals surface area contributed by atoms with Crippen LogP contribution in [0.3, 0.4) is 0 Å². The Balaban J connectivity index is 1.79. The number of benzene rings is 2. The Labute approximate surface area is 395 Å². The number of nitrogens with two attached hydrogens (primary N) is 3. The van der Waals surface area contributed by atoms with Gasteiger partial charge in [-0.05, 0) is 61.9 Å². The van der Waals surface area contributed by atoms with Crippen molar-refractivity contribution in [2.45, 2.75) is 101 Å². The fourth-order valence-electron chi connectivity index (χ4n) is 6.66. The zero-order valence-electron chi connectivity index (χ0n) is 37.5. The van der Waals surface area contributed by atoms with Gasteiger partial charge in [-0.25, -0.2) is 0 Å². The average Bonchev–Trinajstić information content (AvgIpc) is 3.68. The highest BCUT2D eigenvalue weighted by atomic mass is 32.3. The summed E-state index contributed by atoms with van der Waals surface area (Å²) in [5, 5.41) is 44.4. The van der Waals surface area contributed by atoms with E-state index < -0.39 is 113 Å². The Morgan fingerprint density at radius 1 is 0.754 bits per heavy atom. The van der Waals surface area contributed by atoms with Crippen LogP contribution in [0.2, 0.25) is 0 Å². The number of nitrogens with zero attached hydrogens (tertiary/aromatic N) is 1. The molecular formula is C42H59N11O15S. The van der Waals surface area contributed by atoms with Crippen molar-refractivity contribution in [1.82, 2.24) is 36.9 Å². The van der Waals surface area contributed by atoms with Gasteiger partial charge in [0.05, 0.1) is 25.1 Å². The molecular weight excluding hydrogens is 931 g/mol. The Morgan fingerprint density at radius 3 is 2.04 bits per heavy atom. The molecule has 3 aromatic rings. The summed E-state index contributed by atoms with van der Waals surface area (Å²) in [5.41, 5.74) is 18.2. The number of nitrogens with one attached hydrogen (secondary N) is 7. The van der Waals surface area contributed by atoms with E-state index in [1.807, 2.05) is 18.2 Å². The van der Waals surface area contributed by atoms with Crippen LogP contribution in [-0.2, 0) is 61.6 Å². The Hall–Kier alpha value is -7.36. The van der Waals surface area contributed by atoms with Gasteiger partial charge in [0.2, 0.25) is 35.4 Å². The minimum atomic E-state index is -4.91. The predicted molar refractivity (Wildman–Crippen MR) is 246 cm³/mol. The van der Waals surface area contributed by atoms with Gasteiger partial charge < -0.3 is 73.6 Å². The first-order chi connectivity index (χ1) is 32.5. The number of H-pyrrole nitrogens is 1. The van der Waals surface area contributed by atoms with E-state index in [9.17, 15) is 57.0 Å². The standard InChI is InChI=1S/C42H59N11O15S/c1-23(54)36(41(64)49-22-33(55)50-31(38(61)46-16-6-2-3-11-34(56)57)19-25-21-48-29-10-5-4-8-27(25)29)53-40(63)30(18-24-12-14-26(15-13-24)68-69(65,66)67)52-39(62)32(20-35(58)59)51-37(60)28(43)9-7-17-47-42(44)45/h4-5,8,10,12-15,21,23,28,30-32,36,48,54H,2-3,6-7,9,11,16-20,22,43H2,1H3,(H,46,61)(H,49,64)(H,50,55)(H,51,60)(H,52,62)(H,53,63)(H,56,57)(H,58,59)(H4,44,45,47)(H,65,66,67)/t23-,28+,30+,31+,32+,36+/m1/s1. The minimum Gasteiger partial charge on any atom is -0.481 e. The number of hydrogen-bond donors (Lipinski definition) is 14. The van der Waals surface area contributed by atoms with Crippen molar-refractivity contribution >= 4 is 74.6 Å². The van der Waals surface area contributed by atoms with Gasteiger partial charge in [-0.1, -0.05) is 36.8 Å². The molecule has 0 unspecified atom stereocenters. The second kappa shape index (κ2) is 27.5.